The lowest BCUT2D eigenvalue weighted by molar-refractivity contribution is -0.125. The van der Waals surface area contributed by atoms with Crippen molar-refractivity contribution >= 4 is 22.5 Å². The fourth-order valence-electron chi connectivity index (χ4n) is 2.20. The van der Waals surface area contributed by atoms with Crippen LogP contribution in [-0.2, 0) is 4.79 Å². The highest BCUT2D eigenvalue weighted by Gasteiger charge is 2.26. The van der Waals surface area contributed by atoms with Gasteiger partial charge in [0, 0.05) is 30.1 Å². The van der Waals surface area contributed by atoms with E-state index in [9.17, 15) is 14.3 Å². The first kappa shape index (κ1) is 11.0. The molecule has 6 heteroatoms. The van der Waals surface area contributed by atoms with E-state index < -0.39 is 12.2 Å². The molecule has 0 radical (unpaired) electrons. The van der Waals surface area contributed by atoms with Crippen LogP contribution in [0.2, 0.25) is 0 Å². The first-order valence-corrected chi connectivity index (χ1v) is 5.66. The van der Waals surface area contributed by atoms with Gasteiger partial charge in [0.15, 0.2) is 5.82 Å². The van der Waals surface area contributed by atoms with Gasteiger partial charge in [0.2, 0.25) is 12.3 Å². The molecule has 1 saturated heterocycles. The number of rotatable bonds is 1. The molecule has 1 aliphatic rings. The molecule has 0 bridgehead atoms. The summed E-state index contributed by atoms with van der Waals surface area (Å²) >= 11 is 0. The lowest BCUT2D eigenvalue weighted by atomic mass is 10.2. The molecule has 18 heavy (non-hydrogen) atoms. The Hall–Kier alpha value is -2.08. The highest BCUT2D eigenvalue weighted by Crippen LogP contribution is 2.28. The van der Waals surface area contributed by atoms with E-state index in [-0.39, 0.29) is 18.0 Å². The van der Waals surface area contributed by atoms with Crippen molar-refractivity contribution in [3.05, 3.63) is 30.2 Å². The van der Waals surface area contributed by atoms with Crippen LogP contribution < -0.4 is 10.2 Å². The predicted molar refractivity (Wildman–Crippen MR) is 64.4 cm³/mol. The molecule has 1 aromatic carbocycles. The zero-order chi connectivity index (χ0) is 12.7. The van der Waals surface area contributed by atoms with Gasteiger partial charge >= 0.3 is 0 Å². The van der Waals surface area contributed by atoms with E-state index in [1.54, 1.807) is 24.4 Å². The number of benzene rings is 1. The highest BCUT2D eigenvalue weighted by molar-refractivity contribution is 5.85. The molecule has 1 aliphatic heterocycles. The Bertz CT molecular complexity index is 610. The Morgan fingerprint density at radius 3 is 3.00 bits per heavy atom. The van der Waals surface area contributed by atoms with Gasteiger partial charge in [-0.05, 0) is 18.2 Å². The molecular weight excluding hydrogens is 237 g/mol. The van der Waals surface area contributed by atoms with E-state index in [1.165, 1.54) is 4.90 Å². The molecule has 0 spiro atoms. The summed E-state index contributed by atoms with van der Waals surface area (Å²) in [5, 5.41) is 12.6. The standard InChI is InChI=1S/C12H12FN3O2/c13-11-7-3-5-14-8(7)1-2-9(11)16-6-4-10(17)15-12(16)18/h1-3,5,12,14,18H,4,6H2,(H,15,17). The smallest absolute Gasteiger partial charge is 0.225 e. The minimum absolute atomic E-state index is 0.234. The Morgan fingerprint density at radius 2 is 2.22 bits per heavy atom. The number of fused-ring (bicyclic) bond motifs is 1. The molecule has 0 aliphatic carbocycles. The molecule has 3 rings (SSSR count). The first-order chi connectivity index (χ1) is 8.66. The van der Waals surface area contributed by atoms with Gasteiger partial charge in [-0.3, -0.25) is 4.79 Å². The number of carbonyl (C=O) groups is 1. The second kappa shape index (κ2) is 3.99. The second-order valence-corrected chi connectivity index (χ2v) is 4.22. The van der Waals surface area contributed by atoms with Crippen LogP contribution in [0.5, 0.6) is 0 Å². The summed E-state index contributed by atoms with van der Waals surface area (Å²) in [5.41, 5.74) is 0.987. The number of hydrogen-bond donors (Lipinski definition) is 3. The van der Waals surface area contributed by atoms with Crippen molar-refractivity contribution in [3.8, 4) is 0 Å². The second-order valence-electron chi connectivity index (χ2n) is 4.22. The average Bonchev–Trinajstić information content (AvgIpc) is 2.80. The molecule has 2 heterocycles. The molecule has 3 N–H and O–H groups in total. The number of nitrogens with one attached hydrogen (secondary N) is 2. The Kier molecular flexibility index (Phi) is 2.45. The number of aliphatic hydroxyl groups is 1. The van der Waals surface area contributed by atoms with E-state index in [0.29, 0.717) is 17.4 Å². The van der Waals surface area contributed by atoms with Crippen LogP contribution in [0, 0.1) is 5.82 Å². The summed E-state index contributed by atoms with van der Waals surface area (Å²) in [6.07, 6.45) is 0.713. The number of carbonyl (C=O) groups excluding carboxylic acids is 1. The van der Waals surface area contributed by atoms with Gasteiger partial charge in [-0.15, -0.1) is 0 Å². The summed E-state index contributed by atoms with van der Waals surface area (Å²) < 4.78 is 14.3. The van der Waals surface area contributed by atoms with Crippen LogP contribution >= 0.6 is 0 Å². The molecule has 1 unspecified atom stereocenters. The number of aliphatic hydroxyl groups excluding tert-OH is 1. The summed E-state index contributed by atoms with van der Waals surface area (Å²) in [6, 6.07) is 4.98. The van der Waals surface area contributed by atoms with Crippen LogP contribution in [-0.4, -0.2) is 28.9 Å². The maximum atomic E-state index is 14.3. The van der Waals surface area contributed by atoms with Crippen LogP contribution in [0.4, 0.5) is 10.1 Å². The molecule has 94 valence electrons. The van der Waals surface area contributed by atoms with Crippen LogP contribution in [0.15, 0.2) is 24.4 Å². The Morgan fingerprint density at radius 1 is 1.39 bits per heavy atom. The van der Waals surface area contributed by atoms with E-state index in [4.69, 9.17) is 0 Å². The minimum Gasteiger partial charge on any atom is -0.361 e. The van der Waals surface area contributed by atoms with E-state index in [0.717, 1.165) is 0 Å². The number of amides is 1. The predicted octanol–water partition coefficient (Wildman–Crippen LogP) is 0.909. The molecule has 2 aromatic rings. The van der Waals surface area contributed by atoms with Crippen LogP contribution in [0.3, 0.4) is 0 Å². The van der Waals surface area contributed by atoms with Crippen molar-refractivity contribution in [2.45, 2.75) is 12.8 Å². The topological polar surface area (TPSA) is 68.4 Å². The van der Waals surface area contributed by atoms with Gasteiger partial charge < -0.3 is 20.3 Å². The average molecular weight is 249 g/mol. The lowest BCUT2D eigenvalue weighted by Gasteiger charge is -2.34. The molecule has 1 fully saturated rings. The van der Waals surface area contributed by atoms with Crippen molar-refractivity contribution in [3.63, 3.8) is 0 Å². The third-order valence-electron chi connectivity index (χ3n) is 3.12. The normalized spacial score (nSPS) is 20.2. The number of halogens is 1. The van der Waals surface area contributed by atoms with Crippen molar-refractivity contribution in [2.24, 2.45) is 0 Å². The zero-order valence-electron chi connectivity index (χ0n) is 9.48. The third kappa shape index (κ3) is 1.62. The SMILES string of the molecule is O=C1CCN(c2ccc3[nH]ccc3c2F)C(O)N1. The number of hydrogen-bond acceptors (Lipinski definition) is 3. The summed E-state index contributed by atoms with van der Waals surface area (Å²) in [6.45, 7) is 0.292. The van der Waals surface area contributed by atoms with Crippen molar-refractivity contribution in [2.75, 3.05) is 11.4 Å². The van der Waals surface area contributed by atoms with Crippen molar-refractivity contribution in [1.82, 2.24) is 10.3 Å². The summed E-state index contributed by atoms with van der Waals surface area (Å²) in [7, 11) is 0. The molecule has 5 nitrogen and oxygen atoms in total. The zero-order valence-corrected chi connectivity index (χ0v) is 9.48. The van der Waals surface area contributed by atoms with Crippen molar-refractivity contribution in [1.29, 1.82) is 0 Å². The molecule has 1 aromatic heterocycles. The number of aromatic amines is 1. The monoisotopic (exact) mass is 249 g/mol. The maximum absolute atomic E-state index is 14.3. The van der Waals surface area contributed by atoms with E-state index in [2.05, 4.69) is 10.3 Å². The van der Waals surface area contributed by atoms with Gasteiger partial charge in [0.05, 0.1) is 5.69 Å². The summed E-state index contributed by atoms with van der Waals surface area (Å²) in [4.78, 5) is 15.5. The molecule has 1 amide bonds. The quantitative estimate of drug-likeness (QED) is 0.703. The summed E-state index contributed by atoms with van der Waals surface area (Å²) in [5.74, 6) is -0.633. The van der Waals surface area contributed by atoms with Gasteiger partial charge in [0.1, 0.15) is 0 Å². The number of anilines is 1. The number of aromatic nitrogens is 1. The first-order valence-electron chi connectivity index (χ1n) is 5.66. The molecule has 0 saturated carbocycles. The van der Waals surface area contributed by atoms with Crippen LogP contribution in [0.25, 0.3) is 10.9 Å². The highest BCUT2D eigenvalue weighted by atomic mass is 19.1. The van der Waals surface area contributed by atoms with Gasteiger partial charge in [-0.1, -0.05) is 0 Å². The number of nitrogens with zero attached hydrogens (tertiary/aromatic N) is 1. The van der Waals surface area contributed by atoms with E-state index in [1.807, 2.05) is 0 Å². The maximum Gasteiger partial charge on any atom is 0.225 e. The Labute approximate surface area is 102 Å². The fourth-order valence-corrected chi connectivity index (χ4v) is 2.20. The van der Waals surface area contributed by atoms with E-state index >= 15 is 0 Å². The molecular formula is C12H12FN3O2. The largest absolute Gasteiger partial charge is 0.361 e. The lowest BCUT2D eigenvalue weighted by Crippen LogP contribution is -2.54. The van der Waals surface area contributed by atoms with Gasteiger partial charge in [-0.2, -0.15) is 0 Å². The van der Waals surface area contributed by atoms with Gasteiger partial charge in [0.25, 0.3) is 0 Å². The fraction of sp³-hybridized carbons (Fsp3) is 0.250. The van der Waals surface area contributed by atoms with Crippen molar-refractivity contribution < 1.29 is 14.3 Å². The van der Waals surface area contributed by atoms with Crippen LogP contribution in [0.1, 0.15) is 6.42 Å². The minimum atomic E-state index is -1.18. The van der Waals surface area contributed by atoms with Gasteiger partial charge in [-0.25, -0.2) is 4.39 Å². The number of H-pyrrole nitrogens is 1. The third-order valence-corrected chi connectivity index (χ3v) is 3.12. The molecule has 1 atom stereocenters. The Balaban J connectivity index is 2.03.